The van der Waals surface area contributed by atoms with Gasteiger partial charge in [0.05, 0.1) is 31.2 Å². The maximum absolute atomic E-state index is 11.9. The predicted molar refractivity (Wildman–Crippen MR) is 121 cm³/mol. The van der Waals surface area contributed by atoms with Crippen LogP contribution in [0.1, 0.15) is 24.2 Å². The van der Waals surface area contributed by atoms with Crippen LogP contribution in [0.2, 0.25) is 0 Å². The zero-order valence-corrected chi connectivity index (χ0v) is 19.0. The number of nitrogens with zero attached hydrogens (tertiary/aromatic N) is 3. The molecule has 1 fully saturated rings. The Balaban J connectivity index is 1.54. The standard InChI is InChI=1S/C23H26BrN3O4/c1-2-30-23(29)11-16-5-3-4-6-22(16)31-15-20-19-12-17(24)7-8-21(19)27(25-20)18-13-26(14-18)9-10-28/h3-8,12,18,28H,2,9-11,13-15H2,1H3. The molecule has 2 heterocycles. The Hall–Kier alpha value is -2.42. The first-order chi connectivity index (χ1) is 15.1. The highest BCUT2D eigenvalue weighted by atomic mass is 79.9. The monoisotopic (exact) mass is 487 g/mol. The molecule has 8 heteroatoms. The quantitative estimate of drug-likeness (QED) is 0.466. The second kappa shape index (κ2) is 9.80. The summed E-state index contributed by atoms with van der Waals surface area (Å²) < 4.78 is 14.2. The minimum absolute atomic E-state index is 0.170. The third-order valence-corrected chi connectivity index (χ3v) is 5.92. The second-order valence-corrected chi connectivity index (χ2v) is 8.48. The summed E-state index contributed by atoms with van der Waals surface area (Å²) in [5, 5.41) is 15.0. The van der Waals surface area contributed by atoms with Crippen LogP contribution in [0.25, 0.3) is 10.9 Å². The molecule has 0 radical (unpaired) electrons. The van der Waals surface area contributed by atoms with Crippen molar-refractivity contribution in [3.63, 3.8) is 0 Å². The summed E-state index contributed by atoms with van der Waals surface area (Å²) in [6.45, 7) is 5.05. The third kappa shape index (κ3) is 4.92. The van der Waals surface area contributed by atoms with E-state index in [4.69, 9.17) is 19.7 Å². The van der Waals surface area contributed by atoms with Gasteiger partial charge in [0.15, 0.2) is 0 Å². The molecule has 0 spiro atoms. The number of fused-ring (bicyclic) bond motifs is 1. The molecule has 164 valence electrons. The fourth-order valence-electron chi connectivity index (χ4n) is 3.89. The second-order valence-electron chi connectivity index (χ2n) is 7.57. The normalized spacial score (nSPS) is 14.5. The van der Waals surface area contributed by atoms with Crippen LogP contribution in [-0.4, -0.2) is 58.6 Å². The Kier molecular flexibility index (Phi) is 6.89. The molecule has 0 saturated carbocycles. The lowest BCUT2D eigenvalue weighted by Gasteiger charge is -2.39. The summed E-state index contributed by atoms with van der Waals surface area (Å²) in [7, 11) is 0. The Morgan fingerprint density at radius 3 is 2.84 bits per heavy atom. The Bertz CT molecular complexity index is 1060. The molecule has 7 nitrogen and oxygen atoms in total. The molecule has 0 unspecified atom stereocenters. The lowest BCUT2D eigenvalue weighted by atomic mass is 10.1. The molecule has 1 saturated heterocycles. The van der Waals surface area contributed by atoms with Crippen LogP contribution in [0.3, 0.4) is 0 Å². The van der Waals surface area contributed by atoms with Gasteiger partial charge in [-0.2, -0.15) is 5.10 Å². The molecule has 31 heavy (non-hydrogen) atoms. The zero-order valence-electron chi connectivity index (χ0n) is 17.5. The van der Waals surface area contributed by atoms with E-state index < -0.39 is 0 Å². The van der Waals surface area contributed by atoms with E-state index in [1.807, 2.05) is 30.3 Å². The molecule has 1 aliphatic heterocycles. The number of ether oxygens (including phenoxy) is 2. The number of hydrogen-bond donors (Lipinski definition) is 1. The molecule has 0 atom stereocenters. The summed E-state index contributed by atoms with van der Waals surface area (Å²) in [6, 6.07) is 13.9. The van der Waals surface area contributed by atoms with E-state index >= 15 is 0 Å². The van der Waals surface area contributed by atoms with Gasteiger partial charge in [0.2, 0.25) is 0 Å². The Morgan fingerprint density at radius 2 is 2.06 bits per heavy atom. The zero-order chi connectivity index (χ0) is 21.8. The van der Waals surface area contributed by atoms with E-state index in [1.54, 1.807) is 6.92 Å². The fourth-order valence-corrected chi connectivity index (χ4v) is 4.25. The van der Waals surface area contributed by atoms with Crippen LogP contribution in [0.4, 0.5) is 0 Å². The van der Waals surface area contributed by atoms with Crippen molar-refractivity contribution in [3.05, 3.63) is 58.2 Å². The molecular weight excluding hydrogens is 462 g/mol. The van der Waals surface area contributed by atoms with Gasteiger partial charge in [-0.25, -0.2) is 0 Å². The third-order valence-electron chi connectivity index (χ3n) is 5.42. The van der Waals surface area contributed by atoms with Crippen molar-refractivity contribution in [1.82, 2.24) is 14.7 Å². The van der Waals surface area contributed by atoms with Crippen LogP contribution in [0, 0.1) is 0 Å². The molecule has 0 amide bonds. The first-order valence-corrected chi connectivity index (χ1v) is 11.2. The molecule has 0 bridgehead atoms. The van der Waals surface area contributed by atoms with Crippen LogP contribution in [0.15, 0.2) is 46.9 Å². The smallest absolute Gasteiger partial charge is 0.310 e. The molecule has 3 aromatic rings. The molecule has 1 aliphatic rings. The van der Waals surface area contributed by atoms with Gasteiger partial charge in [0.1, 0.15) is 18.1 Å². The minimum atomic E-state index is -0.269. The predicted octanol–water partition coefficient (Wildman–Crippen LogP) is 3.33. The van der Waals surface area contributed by atoms with E-state index in [-0.39, 0.29) is 25.0 Å². The lowest BCUT2D eigenvalue weighted by Crippen LogP contribution is -2.48. The molecule has 0 aliphatic carbocycles. The van der Waals surface area contributed by atoms with Crippen molar-refractivity contribution in [2.75, 3.05) is 32.8 Å². The van der Waals surface area contributed by atoms with Gasteiger partial charge in [-0.3, -0.25) is 14.4 Å². The van der Waals surface area contributed by atoms with Gasteiger partial charge in [-0.1, -0.05) is 34.1 Å². The summed E-state index contributed by atoms with van der Waals surface area (Å²) in [6.07, 6.45) is 0.174. The Labute approximate surface area is 189 Å². The van der Waals surface area contributed by atoms with E-state index in [1.165, 1.54) is 0 Å². The van der Waals surface area contributed by atoms with Crippen LogP contribution in [0.5, 0.6) is 5.75 Å². The van der Waals surface area contributed by atoms with Gasteiger partial charge in [0.25, 0.3) is 0 Å². The van der Waals surface area contributed by atoms with Crippen molar-refractivity contribution in [3.8, 4) is 5.75 Å². The van der Waals surface area contributed by atoms with E-state index in [0.29, 0.717) is 25.5 Å². The maximum atomic E-state index is 11.9. The average molecular weight is 488 g/mol. The van der Waals surface area contributed by atoms with Gasteiger partial charge in [0, 0.05) is 35.1 Å². The number of hydrogen-bond acceptors (Lipinski definition) is 6. The molecule has 1 aromatic heterocycles. The van der Waals surface area contributed by atoms with Gasteiger partial charge < -0.3 is 14.6 Å². The number of likely N-dealkylation sites (tertiary alicyclic amines) is 1. The highest BCUT2D eigenvalue weighted by Gasteiger charge is 2.30. The summed E-state index contributed by atoms with van der Waals surface area (Å²) in [5.41, 5.74) is 2.71. The summed E-state index contributed by atoms with van der Waals surface area (Å²) >= 11 is 3.56. The number of benzene rings is 2. The minimum Gasteiger partial charge on any atom is -0.487 e. The fraction of sp³-hybridized carbons (Fsp3) is 0.391. The van der Waals surface area contributed by atoms with Crippen molar-refractivity contribution in [1.29, 1.82) is 0 Å². The highest BCUT2D eigenvalue weighted by molar-refractivity contribution is 9.10. The number of para-hydroxylation sites is 1. The number of rotatable bonds is 9. The summed E-state index contributed by atoms with van der Waals surface area (Å²) in [4.78, 5) is 14.1. The summed E-state index contributed by atoms with van der Waals surface area (Å²) in [5.74, 6) is 0.389. The molecule has 4 rings (SSSR count). The van der Waals surface area contributed by atoms with Crippen LogP contribution < -0.4 is 4.74 Å². The van der Waals surface area contributed by atoms with Crippen LogP contribution in [-0.2, 0) is 22.6 Å². The number of aliphatic hydroxyl groups is 1. The number of aliphatic hydroxyl groups excluding tert-OH is 1. The van der Waals surface area contributed by atoms with E-state index in [2.05, 4.69) is 37.6 Å². The van der Waals surface area contributed by atoms with Gasteiger partial charge in [-0.15, -0.1) is 0 Å². The largest absolute Gasteiger partial charge is 0.487 e. The number of carbonyl (C=O) groups is 1. The first-order valence-electron chi connectivity index (χ1n) is 10.4. The van der Waals surface area contributed by atoms with E-state index in [9.17, 15) is 4.79 Å². The number of carbonyl (C=O) groups excluding carboxylic acids is 1. The molecule has 1 N–H and O–H groups in total. The van der Waals surface area contributed by atoms with Crippen molar-refractivity contribution in [2.24, 2.45) is 0 Å². The SMILES string of the molecule is CCOC(=O)Cc1ccccc1OCc1nn(C2CN(CCO)C2)c2ccc(Br)cc12. The van der Waals surface area contributed by atoms with Crippen molar-refractivity contribution in [2.45, 2.75) is 26.0 Å². The van der Waals surface area contributed by atoms with Crippen LogP contribution >= 0.6 is 15.9 Å². The van der Waals surface area contributed by atoms with Crippen molar-refractivity contribution >= 4 is 32.8 Å². The molecule has 2 aromatic carbocycles. The maximum Gasteiger partial charge on any atom is 0.310 e. The first kappa shape index (κ1) is 21.8. The van der Waals surface area contributed by atoms with Crippen molar-refractivity contribution < 1.29 is 19.4 Å². The molecular formula is C23H26BrN3O4. The topological polar surface area (TPSA) is 76.8 Å². The lowest BCUT2D eigenvalue weighted by molar-refractivity contribution is -0.142. The van der Waals surface area contributed by atoms with Gasteiger partial charge in [-0.05, 0) is 31.2 Å². The highest BCUT2D eigenvalue weighted by Crippen LogP contribution is 2.30. The number of halogens is 1. The Morgan fingerprint density at radius 1 is 1.26 bits per heavy atom. The number of esters is 1. The van der Waals surface area contributed by atoms with E-state index in [0.717, 1.165) is 39.7 Å². The van der Waals surface area contributed by atoms with Gasteiger partial charge >= 0.3 is 5.97 Å². The average Bonchev–Trinajstić information content (AvgIpc) is 3.07. The number of aromatic nitrogens is 2. The number of β-amino-alcohol motifs (C(OH)–C–C–N with tert-alkyl or cyclic N) is 1.